The number of rotatable bonds is 4. The number of hydrogen-bond donors (Lipinski definition) is 3. The summed E-state index contributed by atoms with van der Waals surface area (Å²) in [7, 11) is 0. The topological polar surface area (TPSA) is 82.8 Å². The van der Waals surface area contributed by atoms with E-state index in [2.05, 4.69) is 26.7 Å². The van der Waals surface area contributed by atoms with Crippen molar-refractivity contribution >= 4 is 16.8 Å². The SMILES string of the molecule is CC(=O)NOc1ccc(C)c(C)c1-c1cc(-c2c[nH]c3ccccc23)n[nH]1. The van der Waals surface area contributed by atoms with Crippen molar-refractivity contribution in [2.24, 2.45) is 0 Å². The lowest BCUT2D eigenvalue weighted by Gasteiger charge is -2.13. The molecule has 6 heteroatoms. The molecule has 0 aliphatic heterocycles. The van der Waals surface area contributed by atoms with Crippen molar-refractivity contribution in [3.8, 4) is 28.3 Å². The van der Waals surface area contributed by atoms with Gasteiger partial charge in [-0.05, 0) is 43.2 Å². The van der Waals surface area contributed by atoms with Crippen LogP contribution in [0.1, 0.15) is 18.1 Å². The number of hydrogen-bond acceptors (Lipinski definition) is 3. The molecule has 0 unspecified atom stereocenters. The molecule has 0 radical (unpaired) electrons. The van der Waals surface area contributed by atoms with Gasteiger partial charge in [-0.15, -0.1) is 0 Å². The van der Waals surface area contributed by atoms with Crippen LogP contribution in [0.25, 0.3) is 33.4 Å². The molecule has 136 valence electrons. The zero-order valence-corrected chi connectivity index (χ0v) is 15.4. The van der Waals surface area contributed by atoms with Crippen LogP contribution in [0.5, 0.6) is 5.75 Å². The first kappa shape index (κ1) is 16.9. The smallest absolute Gasteiger partial charge is 0.249 e. The number of amides is 1. The van der Waals surface area contributed by atoms with Crippen LogP contribution in [-0.4, -0.2) is 21.1 Å². The van der Waals surface area contributed by atoms with Crippen molar-refractivity contribution in [2.45, 2.75) is 20.8 Å². The lowest BCUT2D eigenvalue weighted by Crippen LogP contribution is -2.24. The number of carbonyl (C=O) groups is 1. The summed E-state index contributed by atoms with van der Waals surface area (Å²) in [5.74, 6) is 0.311. The van der Waals surface area contributed by atoms with Crippen LogP contribution in [0.3, 0.4) is 0 Å². The van der Waals surface area contributed by atoms with Gasteiger partial charge < -0.3 is 9.82 Å². The van der Waals surface area contributed by atoms with E-state index in [9.17, 15) is 4.79 Å². The maximum Gasteiger partial charge on any atom is 0.249 e. The first-order chi connectivity index (χ1) is 13.0. The minimum Gasteiger partial charge on any atom is -0.379 e. The van der Waals surface area contributed by atoms with Crippen LogP contribution in [-0.2, 0) is 4.79 Å². The Kier molecular flexibility index (Phi) is 4.16. The zero-order valence-electron chi connectivity index (χ0n) is 15.4. The Hall–Kier alpha value is -3.54. The second kappa shape index (κ2) is 6.64. The van der Waals surface area contributed by atoms with Crippen LogP contribution in [0, 0.1) is 13.8 Å². The van der Waals surface area contributed by atoms with E-state index in [1.807, 2.05) is 56.4 Å². The van der Waals surface area contributed by atoms with Crippen molar-refractivity contribution in [3.05, 3.63) is 59.8 Å². The Balaban J connectivity index is 1.79. The number of fused-ring (bicyclic) bond motifs is 1. The number of para-hydroxylation sites is 1. The molecule has 27 heavy (non-hydrogen) atoms. The van der Waals surface area contributed by atoms with Gasteiger partial charge in [0.2, 0.25) is 5.91 Å². The number of aryl methyl sites for hydroxylation is 1. The third kappa shape index (κ3) is 3.06. The van der Waals surface area contributed by atoms with Gasteiger partial charge in [-0.25, -0.2) is 0 Å². The fraction of sp³-hybridized carbons (Fsp3) is 0.143. The molecule has 0 spiro atoms. The third-order valence-corrected chi connectivity index (χ3v) is 4.71. The Bertz CT molecular complexity index is 1140. The van der Waals surface area contributed by atoms with Crippen LogP contribution >= 0.6 is 0 Å². The standard InChI is InChI=1S/C21H20N4O2/c1-12-8-9-20(27-25-14(3)26)21(13(12)2)19-10-18(23-24-19)16-11-22-17-7-5-4-6-15(16)17/h4-11,22H,1-3H3,(H,23,24)(H,25,26). The van der Waals surface area contributed by atoms with Crippen LogP contribution in [0.2, 0.25) is 0 Å². The molecule has 2 heterocycles. The van der Waals surface area contributed by atoms with Gasteiger partial charge in [-0.3, -0.25) is 9.89 Å². The van der Waals surface area contributed by atoms with E-state index in [0.29, 0.717) is 5.75 Å². The second-order valence-corrected chi connectivity index (χ2v) is 6.56. The molecule has 4 aromatic rings. The summed E-state index contributed by atoms with van der Waals surface area (Å²) in [6.45, 7) is 5.47. The summed E-state index contributed by atoms with van der Waals surface area (Å²) in [4.78, 5) is 20.0. The summed E-state index contributed by atoms with van der Waals surface area (Å²) in [6.07, 6.45) is 1.96. The average molecular weight is 360 g/mol. The molecule has 0 fully saturated rings. The number of aromatic amines is 2. The van der Waals surface area contributed by atoms with Gasteiger partial charge in [0.05, 0.1) is 11.4 Å². The van der Waals surface area contributed by atoms with Crippen molar-refractivity contribution in [1.82, 2.24) is 20.7 Å². The van der Waals surface area contributed by atoms with Gasteiger partial charge in [0, 0.05) is 35.2 Å². The van der Waals surface area contributed by atoms with Gasteiger partial charge in [0.15, 0.2) is 5.75 Å². The van der Waals surface area contributed by atoms with Crippen molar-refractivity contribution in [3.63, 3.8) is 0 Å². The summed E-state index contributed by atoms with van der Waals surface area (Å²) in [6, 6.07) is 13.9. The molecule has 1 amide bonds. The van der Waals surface area contributed by atoms with Gasteiger partial charge >= 0.3 is 0 Å². The number of H-pyrrole nitrogens is 2. The number of carbonyl (C=O) groups excluding carboxylic acids is 1. The molecule has 0 bridgehead atoms. The normalized spacial score (nSPS) is 10.9. The second-order valence-electron chi connectivity index (χ2n) is 6.56. The third-order valence-electron chi connectivity index (χ3n) is 4.71. The molecule has 6 nitrogen and oxygen atoms in total. The van der Waals surface area contributed by atoms with E-state index in [1.165, 1.54) is 6.92 Å². The fourth-order valence-electron chi connectivity index (χ4n) is 3.21. The molecule has 2 aromatic carbocycles. The maximum atomic E-state index is 11.2. The number of nitrogens with zero attached hydrogens (tertiary/aromatic N) is 1. The molecule has 0 aliphatic carbocycles. The Morgan fingerprint density at radius 1 is 1.15 bits per heavy atom. The van der Waals surface area contributed by atoms with E-state index >= 15 is 0 Å². The quantitative estimate of drug-likeness (QED) is 0.475. The highest BCUT2D eigenvalue weighted by atomic mass is 16.7. The van der Waals surface area contributed by atoms with Crippen molar-refractivity contribution < 1.29 is 9.63 Å². The highest BCUT2D eigenvalue weighted by Gasteiger charge is 2.17. The average Bonchev–Trinajstić information content (AvgIpc) is 3.29. The lowest BCUT2D eigenvalue weighted by molar-refractivity contribution is -0.125. The summed E-state index contributed by atoms with van der Waals surface area (Å²) < 4.78 is 0. The molecular formula is C21H20N4O2. The van der Waals surface area contributed by atoms with E-state index in [1.54, 1.807) is 0 Å². The van der Waals surface area contributed by atoms with Crippen LogP contribution in [0.4, 0.5) is 0 Å². The van der Waals surface area contributed by atoms with Gasteiger partial charge in [-0.1, -0.05) is 24.3 Å². The number of hydroxylamine groups is 1. The van der Waals surface area contributed by atoms with Crippen molar-refractivity contribution in [2.75, 3.05) is 0 Å². The maximum absolute atomic E-state index is 11.2. The Morgan fingerprint density at radius 2 is 1.96 bits per heavy atom. The molecule has 0 saturated heterocycles. The van der Waals surface area contributed by atoms with Gasteiger partial charge in [0.25, 0.3) is 0 Å². The zero-order chi connectivity index (χ0) is 19.0. The first-order valence-corrected chi connectivity index (χ1v) is 8.70. The predicted molar refractivity (Wildman–Crippen MR) is 105 cm³/mol. The molecule has 0 aliphatic rings. The number of benzene rings is 2. The summed E-state index contributed by atoms with van der Waals surface area (Å²) >= 11 is 0. The van der Waals surface area contributed by atoms with E-state index in [4.69, 9.17) is 4.84 Å². The van der Waals surface area contributed by atoms with Gasteiger partial charge in [-0.2, -0.15) is 10.6 Å². The molecule has 0 saturated carbocycles. The Morgan fingerprint density at radius 3 is 2.78 bits per heavy atom. The molecular weight excluding hydrogens is 340 g/mol. The van der Waals surface area contributed by atoms with Crippen molar-refractivity contribution in [1.29, 1.82) is 0 Å². The first-order valence-electron chi connectivity index (χ1n) is 8.70. The minimum absolute atomic E-state index is 0.261. The minimum atomic E-state index is -0.261. The van der Waals surface area contributed by atoms with Gasteiger partial charge in [0.1, 0.15) is 0 Å². The lowest BCUT2D eigenvalue weighted by atomic mass is 9.99. The number of nitrogens with one attached hydrogen (secondary N) is 3. The van der Waals surface area contributed by atoms with Crippen LogP contribution < -0.4 is 10.3 Å². The summed E-state index contributed by atoms with van der Waals surface area (Å²) in [5.41, 5.74) is 9.24. The highest BCUT2D eigenvalue weighted by molar-refractivity contribution is 5.95. The molecule has 4 rings (SSSR count). The van der Waals surface area contributed by atoms with Crippen LogP contribution in [0.15, 0.2) is 48.7 Å². The fourth-order valence-corrected chi connectivity index (χ4v) is 3.21. The summed E-state index contributed by atoms with van der Waals surface area (Å²) in [5, 5.41) is 8.74. The molecule has 2 aromatic heterocycles. The van der Waals surface area contributed by atoms with E-state index in [0.717, 1.165) is 44.5 Å². The van der Waals surface area contributed by atoms with E-state index in [-0.39, 0.29) is 5.91 Å². The Labute approximate surface area is 156 Å². The molecule has 0 atom stereocenters. The molecule has 3 N–H and O–H groups in total. The largest absolute Gasteiger partial charge is 0.379 e. The monoisotopic (exact) mass is 360 g/mol. The number of aromatic nitrogens is 3. The van der Waals surface area contributed by atoms with E-state index < -0.39 is 0 Å². The predicted octanol–water partition coefficient (Wildman–Crippen LogP) is 4.27. The highest BCUT2D eigenvalue weighted by Crippen LogP contribution is 2.36.